The number of likely N-dealkylation sites (N-methyl/N-ethyl adjacent to an activating group) is 1. The van der Waals surface area contributed by atoms with Gasteiger partial charge in [0.05, 0.1) is 5.54 Å². The van der Waals surface area contributed by atoms with Gasteiger partial charge >= 0.3 is 12.1 Å². The minimum Gasteiger partial charge on any atom is -0.445 e. The predicted molar refractivity (Wildman–Crippen MR) is 145 cm³/mol. The summed E-state index contributed by atoms with van der Waals surface area (Å²) < 4.78 is 34.6. The van der Waals surface area contributed by atoms with Crippen molar-refractivity contribution < 1.29 is 23.1 Å². The van der Waals surface area contributed by atoms with Crippen molar-refractivity contribution in [1.82, 2.24) is 15.1 Å². The maximum Gasteiger partial charge on any atom is 0.410 e. The highest BCUT2D eigenvalue weighted by Crippen LogP contribution is 2.44. The Labute approximate surface area is 229 Å². The first-order chi connectivity index (χ1) is 18.8. The first-order valence-electron chi connectivity index (χ1n) is 14.0. The van der Waals surface area contributed by atoms with E-state index in [9.17, 15) is 18.4 Å². The molecule has 3 amide bonds. The van der Waals surface area contributed by atoms with Crippen LogP contribution in [-0.4, -0.2) is 66.0 Å². The molecule has 0 unspecified atom stereocenters. The molecule has 3 fully saturated rings. The van der Waals surface area contributed by atoms with Gasteiger partial charge in [0.1, 0.15) is 24.8 Å². The third kappa shape index (κ3) is 5.46. The second-order valence-electron chi connectivity index (χ2n) is 11.2. The molecule has 9 heteroatoms. The Hall–Kier alpha value is -3.20. The van der Waals surface area contributed by atoms with Crippen LogP contribution >= 0.6 is 0 Å². The second-order valence-corrected chi connectivity index (χ2v) is 11.2. The molecule has 2 aliphatic heterocycles. The molecule has 1 N–H and O–H groups in total. The molecular weight excluding hydrogens is 502 g/mol. The van der Waals surface area contributed by atoms with Crippen LogP contribution in [0.25, 0.3) is 0 Å². The quantitative estimate of drug-likeness (QED) is 0.511. The van der Waals surface area contributed by atoms with Crippen LogP contribution in [0.4, 0.5) is 24.1 Å². The van der Waals surface area contributed by atoms with Crippen LogP contribution in [0.15, 0.2) is 54.6 Å². The number of amides is 3. The number of likely N-dealkylation sites (tertiary alicyclic amines) is 1. The number of urea groups is 1. The minimum absolute atomic E-state index is 0.104. The van der Waals surface area contributed by atoms with Crippen LogP contribution in [0.1, 0.15) is 51.0 Å². The molecule has 1 saturated carbocycles. The van der Waals surface area contributed by atoms with E-state index in [4.69, 9.17) is 4.74 Å². The molecule has 39 heavy (non-hydrogen) atoms. The van der Waals surface area contributed by atoms with Gasteiger partial charge in [0.2, 0.25) is 0 Å². The minimum atomic E-state index is -0.857. The van der Waals surface area contributed by atoms with E-state index in [1.165, 1.54) is 12.1 Å². The van der Waals surface area contributed by atoms with Gasteiger partial charge in [-0.1, -0.05) is 49.2 Å². The number of benzene rings is 2. The molecule has 0 radical (unpaired) electrons. The molecule has 210 valence electrons. The summed E-state index contributed by atoms with van der Waals surface area (Å²) in [5, 5.41) is 3.54. The van der Waals surface area contributed by atoms with Crippen LogP contribution in [0, 0.1) is 11.7 Å². The molecular formula is C30H38F2N4O3. The summed E-state index contributed by atoms with van der Waals surface area (Å²) in [5.74, 6) is -0.528. The van der Waals surface area contributed by atoms with Gasteiger partial charge in [0.25, 0.3) is 0 Å². The van der Waals surface area contributed by atoms with Crippen molar-refractivity contribution in [3.8, 4) is 0 Å². The van der Waals surface area contributed by atoms with Crippen molar-refractivity contribution in [2.75, 3.05) is 25.0 Å². The van der Waals surface area contributed by atoms with Gasteiger partial charge in [-0.15, -0.1) is 0 Å². The van der Waals surface area contributed by atoms with Gasteiger partial charge in [-0.25, -0.2) is 18.4 Å². The van der Waals surface area contributed by atoms with Gasteiger partial charge in [0, 0.05) is 37.8 Å². The molecule has 2 aromatic carbocycles. The number of hydrogen-bond donors (Lipinski definition) is 1. The molecule has 5 atom stereocenters. The molecule has 3 aliphatic rings. The lowest BCUT2D eigenvalue weighted by Gasteiger charge is -2.49. The number of piperidine rings is 1. The third-order valence-corrected chi connectivity index (χ3v) is 8.70. The summed E-state index contributed by atoms with van der Waals surface area (Å²) in [6, 6.07) is 15.1. The monoisotopic (exact) mass is 540 g/mol. The maximum absolute atomic E-state index is 14.7. The third-order valence-electron chi connectivity index (χ3n) is 8.70. The topological polar surface area (TPSA) is 65.1 Å². The standard InChI is InChI=1S/C30H38F2N4O3/c1-21-18-30(15-16-35(21)29(38)39-20-22-9-4-3-5-10-22)27(33-19-23-11-6-7-14-26(23)32)34(2)28(37)36(30)25-13-8-12-24(31)17-25/h3-5,8-10,12-13,17,21,23,26-27,33H,6-7,11,14-16,18-20H2,1-2H3/t21-,23-,26+,27+,30+/m0/s1. The number of alkyl halides is 1. The van der Waals surface area contributed by atoms with Crippen LogP contribution in [0.2, 0.25) is 0 Å². The van der Waals surface area contributed by atoms with E-state index in [1.54, 1.807) is 33.9 Å². The van der Waals surface area contributed by atoms with Gasteiger partial charge < -0.3 is 14.5 Å². The first-order valence-corrected chi connectivity index (χ1v) is 14.0. The van der Waals surface area contributed by atoms with E-state index in [0.29, 0.717) is 38.0 Å². The summed E-state index contributed by atoms with van der Waals surface area (Å²) in [6.07, 6.45) is 2.54. The fourth-order valence-corrected chi connectivity index (χ4v) is 6.69. The first kappa shape index (κ1) is 27.4. The Bertz CT molecular complexity index is 1170. The average molecular weight is 541 g/mol. The van der Waals surface area contributed by atoms with Gasteiger partial charge in [-0.05, 0) is 56.4 Å². The van der Waals surface area contributed by atoms with Gasteiger partial charge in [-0.2, -0.15) is 0 Å². The highest BCUT2D eigenvalue weighted by molar-refractivity contribution is 5.96. The van der Waals surface area contributed by atoms with Crippen molar-refractivity contribution in [1.29, 1.82) is 0 Å². The number of nitrogens with one attached hydrogen (secondary N) is 1. The normalized spacial score (nSPS) is 29.2. The van der Waals surface area contributed by atoms with Crippen molar-refractivity contribution in [2.45, 2.75) is 76.0 Å². The Morgan fingerprint density at radius 2 is 1.90 bits per heavy atom. The molecule has 0 aromatic heterocycles. The number of ether oxygens (including phenoxy) is 1. The Morgan fingerprint density at radius 3 is 2.62 bits per heavy atom. The smallest absolute Gasteiger partial charge is 0.410 e. The van der Waals surface area contributed by atoms with E-state index in [2.05, 4.69) is 5.32 Å². The molecule has 0 bridgehead atoms. The number of halogens is 2. The Kier molecular flexibility index (Phi) is 8.07. The average Bonchev–Trinajstić information content (AvgIpc) is 3.12. The number of hydrogen-bond acceptors (Lipinski definition) is 4. The second kappa shape index (κ2) is 11.5. The Balaban J connectivity index is 1.38. The maximum atomic E-state index is 14.7. The van der Waals surface area contributed by atoms with Crippen LogP contribution in [-0.2, 0) is 11.3 Å². The Morgan fingerprint density at radius 1 is 1.13 bits per heavy atom. The number of rotatable bonds is 6. The number of anilines is 1. The molecule has 2 saturated heterocycles. The highest BCUT2D eigenvalue weighted by Gasteiger charge is 2.59. The van der Waals surface area contributed by atoms with Crippen molar-refractivity contribution in [3.63, 3.8) is 0 Å². The number of carbonyl (C=O) groups is 2. The molecule has 1 aliphatic carbocycles. The van der Waals surface area contributed by atoms with Gasteiger partial charge in [-0.3, -0.25) is 10.2 Å². The molecule has 2 heterocycles. The number of carbonyl (C=O) groups excluding carboxylic acids is 2. The molecule has 5 rings (SSSR count). The summed E-state index contributed by atoms with van der Waals surface area (Å²) >= 11 is 0. The lowest BCUT2D eigenvalue weighted by Crippen LogP contribution is -2.65. The van der Waals surface area contributed by atoms with E-state index in [0.717, 1.165) is 24.8 Å². The van der Waals surface area contributed by atoms with Crippen LogP contribution in [0.3, 0.4) is 0 Å². The zero-order valence-corrected chi connectivity index (χ0v) is 22.7. The fraction of sp³-hybridized carbons (Fsp3) is 0.533. The van der Waals surface area contributed by atoms with Gasteiger partial charge in [0.15, 0.2) is 0 Å². The van der Waals surface area contributed by atoms with Crippen molar-refractivity contribution >= 4 is 17.8 Å². The highest BCUT2D eigenvalue weighted by atomic mass is 19.1. The predicted octanol–water partition coefficient (Wildman–Crippen LogP) is 5.70. The van der Waals surface area contributed by atoms with Crippen LogP contribution < -0.4 is 10.2 Å². The van der Waals surface area contributed by atoms with E-state index >= 15 is 0 Å². The van der Waals surface area contributed by atoms with E-state index < -0.39 is 29.8 Å². The summed E-state index contributed by atoms with van der Waals surface area (Å²) in [7, 11) is 1.74. The summed E-state index contributed by atoms with van der Waals surface area (Å²) in [5.41, 5.74) is 0.630. The largest absolute Gasteiger partial charge is 0.445 e. The zero-order chi connectivity index (χ0) is 27.6. The lowest BCUT2D eigenvalue weighted by molar-refractivity contribution is 0.0421. The molecule has 1 spiro atoms. The molecule has 7 nitrogen and oxygen atoms in total. The van der Waals surface area contributed by atoms with Crippen LogP contribution in [0.5, 0.6) is 0 Å². The van der Waals surface area contributed by atoms with Crippen molar-refractivity contribution in [3.05, 3.63) is 66.0 Å². The summed E-state index contributed by atoms with van der Waals surface area (Å²) in [6.45, 7) is 2.96. The number of nitrogens with zero attached hydrogens (tertiary/aromatic N) is 3. The zero-order valence-electron chi connectivity index (χ0n) is 22.7. The fourth-order valence-electron chi connectivity index (χ4n) is 6.69. The SMILES string of the molecule is C[C@H]1C[C@]2(CCN1C(=O)OCc1ccccc1)[C@H](NC[C@@H]1CCCC[C@H]1F)N(C)C(=O)N2c1cccc(F)c1. The lowest BCUT2D eigenvalue weighted by atomic mass is 9.79. The summed E-state index contributed by atoms with van der Waals surface area (Å²) in [4.78, 5) is 31.8. The van der Waals surface area contributed by atoms with E-state index in [1.807, 2.05) is 37.3 Å². The van der Waals surface area contributed by atoms with E-state index in [-0.39, 0.29) is 24.6 Å². The van der Waals surface area contributed by atoms with Crippen molar-refractivity contribution in [2.24, 2.45) is 5.92 Å². The molecule has 2 aromatic rings.